The first-order valence-electron chi connectivity index (χ1n) is 2.86. The van der Waals surface area contributed by atoms with E-state index in [1.807, 2.05) is 0 Å². The number of nitrogens with zero attached hydrogens (tertiary/aromatic N) is 1. The highest BCUT2D eigenvalue weighted by Gasteiger charge is 2.31. The number of hydrogen-bond donors (Lipinski definition) is 0. The standard InChI is InChI=1S/C6H6F3NO/c1-10-4-2-3-5(10)11-6(7,8)9/h2-4H,1H3. The van der Waals surface area contributed by atoms with E-state index in [0.717, 1.165) is 0 Å². The van der Waals surface area contributed by atoms with Gasteiger partial charge in [-0.25, -0.2) is 0 Å². The fraction of sp³-hybridized carbons (Fsp3) is 0.333. The van der Waals surface area contributed by atoms with E-state index < -0.39 is 6.36 Å². The maximum absolute atomic E-state index is 11.6. The molecule has 0 aliphatic rings. The van der Waals surface area contributed by atoms with E-state index in [1.54, 1.807) is 0 Å². The zero-order chi connectivity index (χ0) is 8.48. The van der Waals surface area contributed by atoms with Crippen molar-refractivity contribution in [2.24, 2.45) is 7.05 Å². The molecule has 0 fully saturated rings. The summed E-state index contributed by atoms with van der Waals surface area (Å²) in [4.78, 5) is 0. The van der Waals surface area contributed by atoms with Gasteiger partial charge in [0.05, 0.1) is 0 Å². The van der Waals surface area contributed by atoms with Gasteiger partial charge in [-0.1, -0.05) is 0 Å². The normalized spacial score (nSPS) is 11.6. The molecule has 11 heavy (non-hydrogen) atoms. The van der Waals surface area contributed by atoms with E-state index in [9.17, 15) is 13.2 Å². The minimum absolute atomic E-state index is 0.211. The SMILES string of the molecule is Cn1cccc1OC(F)(F)F. The molecule has 0 aliphatic carbocycles. The molecule has 1 aromatic rings. The van der Waals surface area contributed by atoms with Crippen LogP contribution in [0.3, 0.4) is 0 Å². The van der Waals surface area contributed by atoms with E-state index >= 15 is 0 Å². The average Bonchev–Trinajstić information content (AvgIpc) is 2.12. The molecule has 0 bridgehead atoms. The molecule has 0 saturated heterocycles. The minimum Gasteiger partial charge on any atom is -0.390 e. The highest BCUT2D eigenvalue weighted by atomic mass is 19.4. The molecule has 0 aliphatic heterocycles. The fourth-order valence-corrected chi connectivity index (χ4v) is 0.670. The summed E-state index contributed by atoms with van der Waals surface area (Å²) in [6, 6.07) is 2.72. The number of alkyl halides is 3. The van der Waals surface area contributed by atoms with Crippen LogP contribution in [0.25, 0.3) is 0 Å². The van der Waals surface area contributed by atoms with Gasteiger partial charge in [-0.05, 0) is 6.07 Å². The molecule has 62 valence electrons. The van der Waals surface area contributed by atoms with Gasteiger partial charge in [0.2, 0.25) is 5.88 Å². The Morgan fingerprint density at radius 3 is 2.45 bits per heavy atom. The Kier molecular flexibility index (Phi) is 1.80. The maximum atomic E-state index is 11.6. The zero-order valence-corrected chi connectivity index (χ0v) is 5.72. The van der Waals surface area contributed by atoms with Gasteiger partial charge in [0.25, 0.3) is 0 Å². The quantitative estimate of drug-likeness (QED) is 0.620. The fourth-order valence-electron chi connectivity index (χ4n) is 0.670. The molecule has 0 amide bonds. The van der Waals surface area contributed by atoms with Crippen LogP contribution in [0.2, 0.25) is 0 Å². The lowest BCUT2D eigenvalue weighted by Gasteiger charge is -2.08. The van der Waals surface area contributed by atoms with Gasteiger partial charge in [0.15, 0.2) is 0 Å². The predicted molar refractivity (Wildman–Crippen MR) is 32.1 cm³/mol. The first-order valence-corrected chi connectivity index (χ1v) is 2.86. The van der Waals surface area contributed by atoms with Crippen molar-refractivity contribution < 1.29 is 17.9 Å². The van der Waals surface area contributed by atoms with Crippen molar-refractivity contribution in [3.8, 4) is 5.88 Å². The van der Waals surface area contributed by atoms with Crippen LogP contribution >= 0.6 is 0 Å². The second-order valence-electron chi connectivity index (χ2n) is 2.01. The molecule has 1 rings (SSSR count). The Hall–Kier alpha value is -1.13. The maximum Gasteiger partial charge on any atom is 0.574 e. The monoisotopic (exact) mass is 165 g/mol. The van der Waals surface area contributed by atoms with E-state index in [-0.39, 0.29) is 5.88 Å². The Labute approximate surface area is 61.2 Å². The van der Waals surface area contributed by atoms with Crippen LogP contribution in [0.15, 0.2) is 18.3 Å². The number of hydrogen-bond acceptors (Lipinski definition) is 1. The van der Waals surface area contributed by atoms with Crippen LogP contribution in [0.1, 0.15) is 0 Å². The zero-order valence-electron chi connectivity index (χ0n) is 5.72. The van der Waals surface area contributed by atoms with Crippen molar-refractivity contribution >= 4 is 0 Å². The van der Waals surface area contributed by atoms with Crippen LogP contribution in [-0.2, 0) is 7.05 Å². The molecule has 0 N–H and O–H groups in total. The van der Waals surface area contributed by atoms with E-state index in [4.69, 9.17) is 0 Å². The number of aromatic nitrogens is 1. The molecule has 0 radical (unpaired) electrons. The molecule has 0 atom stereocenters. The molecule has 2 nitrogen and oxygen atoms in total. The Bertz CT molecular complexity index is 240. The summed E-state index contributed by atoms with van der Waals surface area (Å²) in [6.45, 7) is 0. The van der Waals surface area contributed by atoms with Gasteiger partial charge >= 0.3 is 6.36 Å². The summed E-state index contributed by atoms with van der Waals surface area (Å²) in [5.74, 6) is -0.211. The number of rotatable bonds is 1. The molecule has 0 aromatic carbocycles. The summed E-state index contributed by atoms with van der Waals surface area (Å²) in [6.07, 6.45) is -3.13. The Morgan fingerprint density at radius 1 is 1.45 bits per heavy atom. The van der Waals surface area contributed by atoms with Gasteiger partial charge in [-0.15, -0.1) is 13.2 Å². The van der Waals surface area contributed by atoms with Gasteiger partial charge < -0.3 is 9.30 Å². The summed E-state index contributed by atoms with van der Waals surface area (Å²) in [7, 11) is 1.47. The summed E-state index contributed by atoms with van der Waals surface area (Å²) in [5, 5.41) is 0. The van der Waals surface area contributed by atoms with Crippen LogP contribution in [0.4, 0.5) is 13.2 Å². The van der Waals surface area contributed by atoms with Crippen LogP contribution in [0.5, 0.6) is 5.88 Å². The van der Waals surface area contributed by atoms with Crippen LogP contribution < -0.4 is 4.74 Å². The highest BCUT2D eigenvalue weighted by Crippen LogP contribution is 2.21. The van der Waals surface area contributed by atoms with Crippen molar-refractivity contribution in [1.29, 1.82) is 0 Å². The highest BCUT2D eigenvalue weighted by molar-refractivity contribution is 5.12. The minimum atomic E-state index is -4.61. The number of aryl methyl sites for hydroxylation is 1. The summed E-state index contributed by atoms with van der Waals surface area (Å²) < 4.78 is 39.6. The molecule has 1 aromatic heterocycles. The first kappa shape index (κ1) is 7.97. The molecule has 0 unspecified atom stereocenters. The largest absolute Gasteiger partial charge is 0.574 e. The molecular weight excluding hydrogens is 159 g/mol. The van der Waals surface area contributed by atoms with Gasteiger partial charge in [-0.2, -0.15) is 0 Å². The summed E-state index contributed by atoms with van der Waals surface area (Å²) in [5.41, 5.74) is 0. The van der Waals surface area contributed by atoms with Gasteiger partial charge in [-0.3, -0.25) is 0 Å². The van der Waals surface area contributed by atoms with Gasteiger partial charge in [0.1, 0.15) is 0 Å². The summed E-state index contributed by atoms with van der Waals surface area (Å²) >= 11 is 0. The van der Waals surface area contributed by atoms with Crippen molar-refractivity contribution in [3.05, 3.63) is 18.3 Å². The number of halogens is 3. The molecule has 0 spiro atoms. The number of ether oxygens (including phenoxy) is 1. The van der Waals surface area contributed by atoms with Crippen molar-refractivity contribution in [1.82, 2.24) is 4.57 Å². The third kappa shape index (κ3) is 2.18. The average molecular weight is 165 g/mol. The second-order valence-corrected chi connectivity index (χ2v) is 2.01. The van der Waals surface area contributed by atoms with E-state index in [2.05, 4.69) is 4.74 Å². The lowest BCUT2D eigenvalue weighted by atomic mass is 10.6. The second kappa shape index (κ2) is 2.48. The molecular formula is C6H6F3NO. The first-order chi connectivity index (χ1) is 4.99. The molecule has 0 saturated carbocycles. The smallest absolute Gasteiger partial charge is 0.390 e. The van der Waals surface area contributed by atoms with E-state index in [1.165, 1.54) is 29.9 Å². The lowest BCUT2D eigenvalue weighted by Crippen LogP contribution is -2.18. The van der Waals surface area contributed by atoms with Crippen molar-refractivity contribution in [2.75, 3.05) is 0 Å². The predicted octanol–water partition coefficient (Wildman–Crippen LogP) is 1.92. The Morgan fingerprint density at radius 2 is 2.09 bits per heavy atom. The molecule has 5 heteroatoms. The lowest BCUT2D eigenvalue weighted by molar-refractivity contribution is -0.276. The van der Waals surface area contributed by atoms with E-state index in [0.29, 0.717) is 0 Å². The third-order valence-corrected chi connectivity index (χ3v) is 1.12. The topological polar surface area (TPSA) is 14.2 Å². The van der Waals surface area contributed by atoms with Crippen molar-refractivity contribution in [3.63, 3.8) is 0 Å². The van der Waals surface area contributed by atoms with Crippen molar-refractivity contribution in [2.45, 2.75) is 6.36 Å². The van der Waals surface area contributed by atoms with Crippen LogP contribution in [0, 0.1) is 0 Å². The van der Waals surface area contributed by atoms with Crippen LogP contribution in [-0.4, -0.2) is 10.9 Å². The Balaban J connectivity index is 2.72. The van der Waals surface area contributed by atoms with Gasteiger partial charge in [0, 0.05) is 19.3 Å². The molecule has 1 heterocycles. The third-order valence-electron chi connectivity index (χ3n) is 1.12.